The molecule has 9 heteroatoms. The second-order valence-corrected chi connectivity index (χ2v) is 3.58. The SMILES string of the molecule is O=Cc1nc(C(F)F)c(OC(F)(F)F)cc1CBr. The molecule has 1 heterocycles. The van der Waals surface area contributed by atoms with Gasteiger partial charge in [-0.25, -0.2) is 13.8 Å². The first-order valence-electron chi connectivity index (χ1n) is 4.37. The first-order chi connectivity index (χ1) is 8.28. The van der Waals surface area contributed by atoms with Crippen molar-refractivity contribution in [2.75, 3.05) is 0 Å². The monoisotopic (exact) mass is 333 g/mol. The van der Waals surface area contributed by atoms with Crippen LogP contribution in [-0.2, 0) is 5.33 Å². The number of carbonyl (C=O) groups is 1. The zero-order valence-corrected chi connectivity index (χ0v) is 10.1. The molecule has 0 radical (unpaired) electrons. The molecule has 0 aliphatic heterocycles. The highest BCUT2D eigenvalue weighted by Crippen LogP contribution is 2.33. The first-order valence-corrected chi connectivity index (χ1v) is 5.49. The Balaban J connectivity index is 3.33. The molecule has 0 aromatic carbocycles. The van der Waals surface area contributed by atoms with Crippen molar-refractivity contribution in [1.29, 1.82) is 0 Å². The van der Waals surface area contributed by atoms with E-state index in [1.807, 2.05) is 0 Å². The number of pyridine rings is 1. The van der Waals surface area contributed by atoms with Crippen LogP contribution in [0, 0.1) is 0 Å². The van der Waals surface area contributed by atoms with Crippen LogP contribution < -0.4 is 4.74 Å². The van der Waals surface area contributed by atoms with E-state index in [2.05, 4.69) is 25.7 Å². The summed E-state index contributed by atoms with van der Waals surface area (Å²) in [4.78, 5) is 13.7. The van der Waals surface area contributed by atoms with Crippen LogP contribution in [-0.4, -0.2) is 17.6 Å². The smallest absolute Gasteiger partial charge is 0.404 e. The second kappa shape index (κ2) is 5.59. The molecule has 0 aliphatic rings. The maximum atomic E-state index is 12.5. The van der Waals surface area contributed by atoms with E-state index in [0.29, 0.717) is 6.07 Å². The average Bonchev–Trinajstić information content (AvgIpc) is 2.25. The van der Waals surface area contributed by atoms with Gasteiger partial charge in [0.2, 0.25) is 0 Å². The average molecular weight is 334 g/mol. The molecule has 3 nitrogen and oxygen atoms in total. The van der Waals surface area contributed by atoms with E-state index in [4.69, 9.17) is 0 Å². The van der Waals surface area contributed by atoms with Gasteiger partial charge < -0.3 is 4.74 Å². The van der Waals surface area contributed by atoms with Crippen LogP contribution in [0.15, 0.2) is 6.07 Å². The lowest BCUT2D eigenvalue weighted by Gasteiger charge is -2.14. The summed E-state index contributed by atoms with van der Waals surface area (Å²) in [5, 5.41) is -0.0220. The lowest BCUT2D eigenvalue weighted by Crippen LogP contribution is -2.19. The fourth-order valence-electron chi connectivity index (χ4n) is 1.13. The minimum absolute atomic E-state index is 0.0219. The summed E-state index contributed by atoms with van der Waals surface area (Å²) in [5.41, 5.74) is -1.57. The molecule has 0 spiro atoms. The van der Waals surface area contributed by atoms with Gasteiger partial charge in [-0.05, 0) is 11.6 Å². The molecule has 0 amide bonds. The van der Waals surface area contributed by atoms with E-state index >= 15 is 0 Å². The van der Waals surface area contributed by atoms with E-state index in [1.54, 1.807) is 0 Å². The molecule has 0 bridgehead atoms. The standard InChI is InChI=1S/C9H5BrF5NO2/c10-2-4-1-6(18-9(13,14)15)7(8(11)12)16-5(4)3-17/h1,3,8H,2H2. The summed E-state index contributed by atoms with van der Waals surface area (Å²) in [6.45, 7) is 0. The topological polar surface area (TPSA) is 39.2 Å². The van der Waals surface area contributed by atoms with Crippen LogP contribution in [0.4, 0.5) is 22.0 Å². The third-order valence-electron chi connectivity index (χ3n) is 1.82. The van der Waals surface area contributed by atoms with Crippen LogP contribution in [0.1, 0.15) is 28.2 Å². The summed E-state index contributed by atoms with van der Waals surface area (Å²) in [6, 6.07) is 0.709. The molecule has 1 aromatic rings. The fraction of sp³-hybridized carbons (Fsp3) is 0.333. The van der Waals surface area contributed by atoms with Crippen LogP contribution in [0.5, 0.6) is 5.75 Å². The summed E-state index contributed by atoms with van der Waals surface area (Å²) >= 11 is 2.90. The third-order valence-corrected chi connectivity index (χ3v) is 2.42. The van der Waals surface area contributed by atoms with E-state index in [0.717, 1.165) is 0 Å². The molecule has 0 atom stereocenters. The number of rotatable bonds is 4. The Kier molecular flexibility index (Phi) is 4.60. The van der Waals surface area contributed by atoms with Crippen molar-refractivity contribution >= 4 is 22.2 Å². The van der Waals surface area contributed by atoms with Crippen molar-refractivity contribution in [3.05, 3.63) is 23.0 Å². The molecular weight excluding hydrogens is 329 g/mol. The number of carbonyl (C=O) groups excluding carboxylic acids is 1. The second-order valence-electron chi connectivity index (χ2n) is 3.02. The van der Waals surface area contributed by atoms with Crippen molar-refractivity contribution < 1.29 is 31.5 Å². The van der Waals surface area contributed by atoms with Gasteiger partial charge >= 0.3 is 6.36 Å². The molecule has 0 aliphatic carbocycles. The summed E-state index contributed by atoms with van der Waals surface area (Å²) in [7, 11) is 0. The zero-order chi connectivity index (χ0) is 13.9. The summed E-state index contributed by atoms with van der Waals surface area (Å²) in [5.74, 6) is -1.11. The Bertz CT molecular complexity index is 449. The highest BCUT2D eigenvalue weighted by molar-refractivity contribution is 9.08. The first kappa shape index (κ1) is 14.8. The fourth-order valence-corrected chi connectivity index (χ4v) is 1.58. The number of hydrogen-bond acceptors (Lipinski definition) is 3. The van der Waals surface area contributed by atoms with E-state index in [9.17, 15) is 26.7 Å². The molecule has 0 saturated carbocycles. The van der Waals surface area contributed by atoms with Gasteiger partial charge in [0.25, 0.3) is 6.43 Å². The zero-order valence-electron chi connectivity index (χ0n) is 8.47. The maximum absolute atomic E-state index is 12.5. The van der Waals surface area contributed by atoms with Gasteiger partial charge in [0.1, 0.15) is 11.4 Å². The Labute approximate surface area is 106 Å². The maximum Gasteiger partial charge on any atom is 0.573 e. The molecule has 0 saturated heterocycles. The minimum Gasteiger partial charge on any atom is -0.404 e. The summed E-state index contributed by atoms with van der Waals surface area (Å²) in [6.07, 6.45) is -8.22. The van der Waals surface area contributed by atoms with Crippen molar-refractivity contribution in [2.24, 2.45) is 0 Å². The molecule has 1 aromatic heterocycles. The predicted octanol–water partition coefficient (Wildman–Crippen LogP) is 3.63. The van der Waals surface area contributed by atoms with Gasteiger partial charge in [0.05, 0.1) is 0 Å². The van der Waals surface area contributed by atoms with Crippen LogP contribution in [0.2, 0.25) is 0 Å². The van der Waals surface area contributed by atoms with Gasteiger partial charge in [-0.3, -0.25) is 4.79 Å². The number of halogens is 6. The third kappa shape index (κ3) is 3.62. The van der Waals surface area contributed by atoms with Crippen molar-refractivity contribution in [2.45, 2.75) is 18.1 Å². The lowest BCUT2D eigenvalue weighted by molar-refractivity contribution is -0.275. The predicted molar refractivity (Wildman–Crippen MR) is 53.9 cm³/mol. The highest BCUT2D eigenvalue weighted by Gasteiger charge is 2.34. The molecular formula is C9H5BrF5NO2. The molecule has 1 rings (SSSR count). The van der Waals surface area contributed by atoms with E-state index < -0.39 is 24.2 Å². The number of aldehydes is 1. The van der Waals surface area contributed by atoms with Crippen LogP contribution >= 0.6 is 15.9 Å². The number of aromatic nitrogens is 1. The number of nitrogens with zero attached hydrogens (tertiary/aromatic N) is 1. The van der Waals surface area contributed by atoms with Gasteiger partial charge in [0.15, 0.2) is 12.0 Å². The van der Waals surface area contributed by atoms with E-state index in [1.165, 1.54) is 0 Å². The summed E-state index contributed by atoms with van der Waals surface area (Å²) < 4.78 is 64.6. The lowest BCUT2D eigenvalue weighted by atomic mass is 10.2. The Morgan fingerprint density at radius 2 is 2.06 bits per heavy atom. The van der Waals surface area contributed by atoms with Gasteiger partial charge in [-0.2, -0.15) is 0 Å². The molecule has 0 unspecified atom stereocenters. The van der Waals surface area contributed by atoms with Crippen molar-refractivity contribution in [1.82, 2.24) is 4.98 Å². The minimum atomic E-state index is -5.11. The Hall–Kier alpha value is -1.25. The molecule has 18 heavy (non-hydrogen) atoms. The largest absolute Gasteiger partial charge is 0.573 e. The van der Waals surface area contributed by atoms with Gasteiger partial charge in [-0.15, -0.1) is 13.2 Å². The highest BCUT2D eigenvalue weighted by atomic mass is 79.9. The molecule has 0 fully saturated rings. The number of ether oxygens (including phenoxy) is 1. The Morgan fingerprint density at radius 1 is 1.44 bits per heavy atom. The normalized spacial score (nSPS) is 11.7. The molecule has 100 valence electrons. The van der Waals surface area contributed by atoms with E-state index in [-0.39, 0.29) is 22.9 Å². The van der Waals surface area contributed by atoms with Gasteiger partial charge in [0, 0.05) is 5.33 Å². The molecule has 0 N–H and O–H groups in total. The van der Waals surface area contributed by atoms with Crippen molar-refractivity contribution in [3.8, 4) is 5.75 Å². The number of alkyl halides is 6. The van der Waals surface area contributed by atoms with Crippen LogP contribution in [0.3, 0.4) is 0 Å². The van der Waals surface area contributed by atoms with Gasteiger partial charge in [-0.1, -0.05) is 15.9 Å². The van der Waals surface area contributed by atoms with Crippen molar-refractivity contribution in [3.63, 3.8) is 0 Å². The number of hydrogen-bond donors (Lipinski definition) is 0. The quantitative estimate of drug-likeness (QED) is 0.480. The van der Waals surface area contributed by atoms with Crippen LogP contribution in [0.25, 0.3) is 0 Å². The Morgan fingerprint density at radius 3 is 2.44 bits per heavy atom.